The third-order valence-electron chi connectivity index (χ3n) is 4.37. The highest BCUT2D eigenvalue weighted by Crippen LogP contribution is 2.22. The van der Waals surface area contributed by atoms with Crippen molar-refractivity contribution in [1.82, 2.24) is 19.9 Å². The molecule has 3 aromatic rings. The van der Waals surface area contributed by atoms with Gasteiger partial charge in [-0.15, -0.1) is 0 Å². The van der Waals surface area contributed by atoms with Crippen molar-refractivity contribution in [2.75, 3.05) is 25.6 Å². The number of aliphatic hydroxyl groups excluding tert-OH is 1. The monoisotopic (exact) mass is 417 g/mol. The molecule has 2 aromatic heterocycles. The van der Waals surface area contributed by atoms with E-state index in [-0.39, 0.29) is 30.0 Å². The van der Waals surface area contributed by atoms with E-state index in [0.29, 0.717) is 11.4 Å². The maximum Gasteiger partial charge on any atom is 0.336 e. The number of aromatic nitrogens is 3. The Labute approximate surface area is 170 Å². The molecule has 0 aliphatic carbocycles. The van der Waals surface area contributed by atoms with Gasteiger partial charge in [0.1, 0.15) is 22.9 Å². The van der Waals surface area contributed by atoms with Crippen LogP contribution in [-0.2, 0) is 16.1 Å². The first-order chi connectivity index (χ1) is 14.3. The van der Waals surface area contributed by atoms with Crippen molar-refractivity contribution in [1.29, 1.82) is 0 Å². The van der Waals surface area contributed by atoms with Crippen LogP contribution in [-0.4, -0.2) is 63.5 Å². The van der Waals surface area contributed by atoms with Gasteiger partial charge in [0.25, 0.3) is 5.91 Å². The Morgan fingerprint density at radius 3 is 2.87 bits per heavy atom. The van der Waals surface area contributed by atoms with Gasteiger partial charge in [-0.1, -0.05) is 0 Å². The highest BCUT2D eigenvalue weighted by molar-refractivity contribution is 6.00. The van der Waals surface area contributed by atoms with E-state index in [1.165, 1.54) is 22.8 Å². The van der Waals surface area contributed by atoms with Gasteiger partial charge in [0.05, 0.1) is 19.9 Å². The van der Waals surface area contributed by atoms with E-state index in [9.17, 15) is 24.2 Å². The van der Waals surface area contributed by atoms with Crippen LogP contribution < -0.4 is 10.2 Å². The fourth-order valence-electron chi connectivity index (χ4n) is 2.75. The fraction of sp³-hybridized carbons (Fsp3) is 0.263. The molecule has 0 aliphatic rings. The van der Waals surface area contributed by atoms with Crippen LogP contribution >= 0.6 is 0 Å². The van der Waals surface area contributed by atoms with Crippen LogP contribution in [0.4, 0.5) is 10.2 Å². The number of carbonyl (C=O) groups is 2. The summed E-state index contributed by atoms with van der Waals surface area (Å²) in [6.07, 6.45) is 1.42. The maximum atomic E-state index is 13.5. The number of nitrogens with one attached hydrogen (secondary N) is 1. The molecule has 2 heterocycles. The molecule has 1 atom stereocenters. The van der Waals surface area contributed by atoms with Crippen molar-refractivity contribution in [3.8, 4) is 5.75 Å². The average molecular weight is 417 g/mol. The minimum absolute atomic E-state index is 0.0436. The number of aliphatic hydroxyl groups is 1. The first-order valence-corrected chi connectivity index (χ1v) is 8.87. The van der Waals surface area contributed by atoms with Crippen molar-refractivity contribution in [3.05, 3.63) is 53.6 Å². The first kappa shape index (κ1) is 21.0. The van der Waals surface area contributed by atoms with E-state index < -0.39 is 23.8 Å². The molecule has 0 aliphatic heterocycles. The predicted molar refractivity (Wildman–Crippen MR) is 104 cm³/mol. The van der Waals surface area contributed by atoms with Gasteiger partial charge >= 0.3 is 5.97 Å². The molecule has 1 unspecified atom stereocenters. The molecule has 0 radical (unpaired) electrons. The van der Waals surface area contributed by atoms with Crippen LogP contribution in [0.2, 0.25) is 0 Å². The number of hydrogen-bond acceptors (Lipinski definition) is 8. The van der Waals surface area contributed by atoms with Crippen LogP contribution in [0.5, 0.6) is 5.75 Å². The lowest BCUT2D eigenvalue weighted by Crippen LogP contribution is -2.37. The molecule has 0 saturated carbocycles. The molecular formula is C19H20FN5O5. The lowest BCUT2D eigenvalue weighted by Gasteiger charge is -2.19. The van der Waals surface area contributed by atoms with E-state index in [4.69, 9.17) is 0 Å². The summed E-state index contributed by atoms with van der Waals surface area (Å²) >= 11 is 0. The molecule has 0 bridgehead atoms. The number of fused-ring (bicyclic) bond motifs is 1. The van der Waals surface area contributed by atoms with Crippen LogP contribution in [0.25, 0.3) is 5.65 Å². The summed E-state index contributed by atoms with van der Waals surface area (Å²) in [5, 5.41) is 26.0. The van der Waals surface area contributed by atoms with Crippen LogP contribution in [0.3, 0.4) is 0 Å². The van der Waals surface area contributed by atoms with Gasteiger partial charge in [0.15, 0.2) is 11.8 Å². The van der Waals surface area contributed by atoms with Gasteiger partial charge in [-0.2, -0.15) is 5.10 Å². The molecule has 1 aromatic carbocycles. The Bertz CT molecular complexity index is 1090. The number of ether oxygens (including phenoxy) is 1. The summed E-state index contributed by atoms with van der Waals surface area (Å²) in [5.41, 5.74) is 0.756. The van der Waals surface area contributed by atoms with Crippen LogP contribution in [0, 0.1) is 5.82 Å². The van der Waals surface area contributed by atoms with Crippen LogP contribution in [0.15, 0.2) is 36.7 Å². The van der Waals surface area contributed by atoms with E-state index in [1.54, 1.807) is 24.2 Å². The van der Waals surface area contributed by atoms with Crippen molar-refractivity contribution in [3.63, 3.8) is 0 Å². The minimum atomic E-state index is -1.49. The second-order valence-corrected chi connectivity index (χ2v) is 6.49. The number of carbonyl (C=O) groups excluding carboxylic acids is 2. The molecule has 0 fully saturated rings. The summed E-state index contributed by atoms with van der Waals surface area (Å²) in [6, 6.07) is 5.32. The minimum Gasteiger partial charge on any atom is -0.508 e. The normalized spacial score (nSPS) is 11.9. The number of benzene rings is 1. The number of amides is 1. The number of hydrogen-bond donors (Lipinski definition) is 3. The topological polar surface area (TPSA) is 129 Å². The largest absolute Gasteiger partial charge is 0.508 e. The lowest BCUT2D eigenvalue weighted by molar-refractivity contribution is -0.149. The number of esters is 1. The number of aromatic hydroxyl groups is 1. The number of nitrogens with zero attached hydrogens (tertiary/aromatic N) is 4. The number of phenols is 1. The Morgan fingerprint density at radius 1 is 1.37 bits per heavy atom. The quantitative estimate of drug-likeness (QED) is 0.473. The molecular weight excluding hydrogens is 397 g/mol. The lowest BCUT2D eigenvalue weighted by atomic mass is 10.2. The predicted octanol–water partition coefficient (Wildman–Crippen LogP) is 0.474. The molecule has 158 valence electrons. The smallest absolute Gasteiger partial charge is 0.336 e. The number of anilines is 1. The Kier molecular flexibility index (Phi) is 6.11. The van der Waals surface area contributed by atoms with Gasteiger partial charge in [0.2, 0.25) is 0 Å². The zero-order valence-corrected chi connectivity index (χ0v) is 16.2. The highest BCUT2D eigenvalue weighted by Gasteiger charge is 2.20. The van der Waals surface area contributed by atoms with Gasteiger partial charge in [-0.25, -0.2) is 18.7 Å². The number of phenolic OH excluding ortho intramolecular Hbond substituents is 1. The molecule has 3 rings (SSSR count). The molecule has 3 N–H and O–H groups in total. The van der Waals surface area contributed by atoms with Gasteiger partial charge in [-0.3, -0.25) is 4.79 Å². The van der Waals surface area contributed by atoms with Gasteiger partial charge in [-0.05, 0) is 24.3 Å². The van der Waals surface area contributed by atoms with Crippen molar-refractivity contribution < 1.29 is 28.9 Å². The SMILES string of the molecule is COC(=O)C(O)CNC(=O)c1cnn2ccc(N(C)Cc3cc(F)ccc3O)nc12. The molecule has 1 amide bonds. The summed E-state index contributed by atoms with van der Waals surface area (Å²) in [7, 11) is 2.83. The molecule has 11 heteroatoms. The Morgan fingerprint density at radius 2 is 2.13 bits per heavy atom. The molecule has 0 saturated heterocycles. The summed E-state index contributed by atoms with van der Waals surface area (Å²) in [4.78, 5) is 29.8. The van der Waals surface area contributed by atoms with Crippen molar-refractivity contribution in [2.45, 2.75) is 12.6 Å². The van der Waals surface area contributed by atoms with Crippen molar-refractivity contribution in [2.24, 2.45) is 0 Å². The summed E-state index contributed by atoms with van der Waals surface area (Å²) < 4.78 is 19.2. The second kappa shape index (κ2) is 8.74. The van der Waals surface area contributed by atoms with E-state index in [0.717, 1.165) is 13.2 Å². The van der Waals surface area contributed by atoms with E-state index in [2.05, 4.69) is 20.1 Å². The number of rotatable bonds is 7. The van der Waals surface area contributed by atoms with Gasteiger partial charge < -0.3 is 25.2 Å². The zero-order chi connectivity index (χ0) is 21.8. The summed E-state index contributed by atoms with van der Waals surface area (Å²) in [6.45, 7) is -0.158. The zero-order valence-electron chi connectivity index (χ0n) is 16.2. The molecule has 30 heavy (non-hydrogen) atoms. The highest BCUT2D eigenvalue weighted by atomic mass is 19.1. The third kappa shape index (κ3) is 4.46. The average Bonchev–Trinajstić information content (AvgIpc) is 3.17. The van der Waals surface area contributed by atoms with E-state index in [1.807, 2.05) is 0 Å². The maximum absolute atomic E-state index is 13.5. The second-order valence-electron chi connectivity index (χ2n) is 6.49. The Hall–Kier alpha value is -3.73. The summed E-state index contributed by atoms with van der Waals surface area (Å²) in [5.74, 6) is -1.50. The number of methoxy groups -OCH3 is 1. The standard InChI is InChI=1S/C19H20FN5O5/c1-24(10-11-7-12(20)3-4-14(11)26)16-5-6-25-17(23-16)13(8-22-25)18(28)21-9-15(27)19(29)30-2/h3-8,15,26-27H,9-10H2,1-2H3,(H,21,28). The van der Waals surface area contributed by atoms with E-state index >= 15 is 0 Å². The van der Waals surface area contributed by atoms with Crippen molar-refractivity contribution >= 4 is 23.3 Å². The molecule has 10 nitrogen and oxygen atoms in total. The molecule has 0 spiro atoms. The first-order valence-electron chi connectivity index (χ1n) is 8.87. The van der Waals surface area contributed by atoms with Gasteiger partial charge in [0, 0.05) is 25.4 Å². The van der Waals surface area contributed by atoms with Crippen LogP contribution in [0.1, 0.15) is 15.9 Å². The Balaban J connectivity index is 1.79. The third-order valence-corrected chi connectivity index (χ3v) is 4.37. The fourth-order valence-corrected chi connectivity index (χ4v) is 2.75. The number of halogens is 1.